The van der Waals surface area contributed by atoms with Gasteiger partial charge >= 0.3 is 5.97 Å². The summed E-state index contributed by atoms with van der Waals surface area (Å²) in [5.41, 5.74) is 0. The Labute approximate surface area is 604 Å². The van der Waals surface area contributed by atoms with E-state index in [1.165, 1.54) is 135 Å². The molecule has 4 aliphatic rings. The lowest BCUT2D eigenvalue weighted by atomic mass is 9.87. The predicted molar refractivity (Wildman–Crippen MR) is 375 cm³/mol. The standard InChI is InChI=1S/C74H134N2O26/c1-5-7-9-11-13-15-17-19-20-21-22-23-24-25-26-28-30-32-34-36-38-40-58(86)76-51(52(83)39-37-35-33-31-29-27-18-16-14-12-10-8-6-2)47-95-71-64(91)63(90)66(56(45-79)97-71)99-72-65(92)69(67(57(46-80)98-72)100-70-50(41-48(3)81)60(87)62(89)55(44-78)96-70)102-74(73(93)94)42-53(84)59(75-49(4)82)68(101-74)61(88)54(85)43-77/h19-20,50-57,59-72,77-80,83-85,87-92H,5-18,21-47H2,1-4H3,(H,75,82)(H,76,86)(H,93,94)/b20-19-/t50-,51+,52-,53+,54-,55-,56-,57-,59-,60-,61-,62+,63-,64-,65-,66-,67+,68?,69-,70+,71-,72+,74+/m1/s1. The van der Waals surface area contributed by atoms with Crippen LogP contribution in [0.3, 0.4) is 0 Å². The highest BCUT2D eigenvalue weighted by atomic mass is 16.8. The lowest BCUT2D eigenvalue weighted by Gasteiger charge is -2.52. The van der Waals surface area contributed by atoms with Crippen LogP contribution in [0, 0.1) is 5.92 Å². The van der Waals surface area contributed by atoms with Gasteiger partial charge in [0.2, 0.25) is 11.8 Å². The van der Waals surface area contributed by atoms with Crippen LogP contribution in [0.4, 0.5) is 0 Å². The summed E-state index contributed by atoms with van der Waals surface area (Å²) in [4.78, 5) is 52.2. The third-order valence-electron chi connectivity index (χ3n) is 20.3. The molecule has 4 rings (SSSR count). The molecule has 0 aliphatic carbocycles. The minimum Gasteiger partial charge on any atom is -0.477 e. The molecule has 16 N–H and O–H groups in total. The van der Waals surface area contributed by atoms with Crippen molar-refractivity contribution in [1.82, 2.24) is 10.6 Å². The molecule has 0 radical (unpaired) electrons. The van der Waals surface area contributed by atoms with Crippen LogP contribution in [0.2, 0.25) is 0 Å². The molecular formula is C74H134N2O26. The lowest BCUT2D eigenvalue weighted by molar-refractivity contribution is -0.403. The Morgan fingerprint density at radius 1 is 0.529 bits per heavy atom. The smallest absolute Gasteiger partial charge is 0.364 e. The van der Waals surface area contributed by atoms with E-state index in [2.05, 4.69) is 36.6 Å². The van der Waals surface area contributed by atoms with Crippen molar-refractivity contribution < 1.29 is 129 Å². The number of hydrogen-bond acceptors (Lipinski definition) is 25. The summed E-state index contributed by atoms with van der Waals surface area (Å²) < 4.78 is 48.2. The number of aliphatic hydroxyl groups is 13. The summed E-state index contributed by atoms with van der Waals surface area (Å²) >= 11 is 0. The molecule has 1 unspecified atom stereocenters. The van der Waals surface area contributed by atoms with Crippen LogP contribution in [0.5, 0.6) is 0 Å². The van der Waals surface area contributed by atoms with Crippen molar-refractivity contribution in [1.29, 1.82) is 0 Å². The first-order valence-corrected chi connectivity index (χ1v) is 38.8. The molecule has 0 aromatic carbocycles. The highest BCUT2D eigenvalue weighted by Crippen LogP contribution is 2.41. The summed E-state index contributed by atoms with van der Waals surface area (Å²) in [6.45, 7) is 2.01. The molecule has 0 bridgehead atoms. The maximum absolute atomic E-state index is 13.6. The number of allylic oxidation sites excluding steroid dienone is 2. The number of aliphatic hydroxyl groups excluding tert-OH is 13. The second-order valence-corrected chi connectivity index (χ2v) is 28.9. The molecule has 23 atom stereocenters. The Morgan fingerprint density at radius 3 is 1.49 bits per heavy atom. The number of nitrogens with one attached hydrogen (secondary N) is 2. The molecule has 0 aromatic heterocycles. The number of carbonyl (C=O) groups is 4. The molecule has 28 heteroatoms. The number of rotatable bonds is 56. The van der Waals surface area contributed by atoms with Gasteiger partial charge in [0.15, 0.2) is 18.9 Å². The number of ketones is 1. The zero-order valence-electron chi connectivity index (χ0n) is 61.5. The summed E-state index contributed by atoms with van der Waals surface area (Å²) in [7, 11) is 0. The van der Waals surface area contributed by atoms with Gasteiger partial charge in [0.1, 0.15) is 85.1 Å². The number of amides is 2. The molecule has 102 heavy (non-hydrogen) atoms. The Balaban J connectivity index is 1.47. The van der Waals surface area contributed by atoms with Crippen LogP contribution in [-0.2, 0) is 57.1 Å². The summed E-state index contributed by atoms with van der Waals surface area (Å²) in [6, 6.07) is -2.70. The molecule has 0 spiro atoms. The summed E-state index contributed by atoms with van der Waals surface area (Å²) in [5, 5.41) is 161. The van der Waals surface area contributed by atoms with Crippen molar-refractivity contribution >= 4 is 23.6 Å². The van der Waals surface area contributed by atoms with E-state index in [0.717, 1.165) is 71.6 Å². The monoisotopic (exact) mass is 1470 g/mol. The largest absolute Gasteiger partial charge is 0.477 e. The first-order valence-electron chi connectivity index (χ1n) is 38.8. The molecule has 4 saturated heterocycles. The number of carbonyl (C=O) groups excluding carboxylic acids is 3. The first-order chi connectivity index (χ1) is 49.0. The van der Waals surface area contributed by atoms with Gasteiger partial charge in [-0.05, 0) is 45.4 Å². The molecule has 596 valence electrons. The molecule has 0 aromatic rings. The van der Waals surface area contributed by atoms with E-state index in [1.54, 1.807) is 0 Å². The number of aliphatic carboxylic acids is 1. The number of Topliss-reactive ketones (excluding diaryl/α,β-unsaturated/α-hetero) is 1. The van der Waals surface area contributed by atoms with E-state index in [1.807, 2.05) is 0 Å². The Morgan fingerprint density at radius 2 is 1.00 bits per heavy atom. The van der Waals surface area contributed by atoms with Crippen LogP contribution in [0.1, 0.15) is 259 Å². The van der Waals surface area contributed by atoms with Crippen molar-refractivity contribution in [2.75, 3.05) is 33.0 Å². The quantitative estimate of drug-likeness (QED) is 0.0293. The van der Waals surface area contributed by atoms with Crippen molar-refractivity contribution in [3.8, 4) is 0 Å². The fourth-order valence-electron chi connectivity index (χ4n) is 14.1. The van der Waals surface area contributed by atoms with E-state index in [4.69, 9.17) is 37.9 Å². The molecule has 28 nitrogen and oxygen atoms in total. The fraction of sp³-hybridized carbons (Fsp3) is 0.919. The highest BCUT2D eigenvalue weighted by molar-refractivity contribution is 5.77. The summed E-state index contributed by atoms with van der Waals surface area (Å²) in [5.74, 6) is -8.50. The van der Waals surface area contributed by atoms with Crippen LogP contribution in [0.15, 0.2) is 12.2 Å². The topological polar surface area (TPSA) is 449 Å². The predicted octanol–water partition coefficient (Wildman–Crippen LogP) is 4.56. The molecule has 4 fully saturated rings. The van der Waals surface area contributed by atoms with E-state index >= 15 is 0 Å². The fourth-order valence-corrected chi connectivity index (χ4v) is 14.1. The van der Waals surface area contributed by atoms with Gasteiger partial charge in [-0.2, -0.15) is 0 Å². The second-order valence-electron chi connectivity index (χ2n) is 28.9. The van der Waals surface area contributed by atoms with Crippen molar-refractivity contribution in [3.05, 3.63) is 12.2 Å². The van der Waals surface area contributed by atoms with E-state index in [-0.39, 0.29) is 12.3 Å². The van der Waals surface area contributed by atoms with Crippen LogP contribution in [0.25, 0.3) is 0 Å². The number of unbranched alkanes of at least 4 members (excludes halogenated alkanes) is 29. The second kappa shape index (κ2) is 51.3. The first kappa shape index (κ1) is 91.4. The van der Waals surface area contributed by atoms with Gasteiger partial charge in [-0.1, -0.05) is 199 Å². The Hall–Kier alpha value is -3.02. The van der Waals surface area contributed by atoms with Gasteiger partial charge in [0.25, 0.3) is 5.79 Å². The summed E-state index contributed by atoms with van der Waals surface area (Å²) in [6.07, 6.45) is 3.33. The molecule has 2 amide bonds. The zero-order chi connectivity index (χ0) is 75.0. The lowest BCUT2D eigenvalue weighted by Crippen LogP contribution is -2.71. The van der Waals surface area contributed by atoms with Crippen molar-refractivity contribution in [3.63, 3.8) is 0 Å². The molecule has 4 heterocycles. The van der Waals surface area contributed by atoms with Crippen molar-refractivity contribution in [2.24, 2.45) is 5.92 Å². The third-order valence-corrected chi connectivity index (χ3v) is 20.3. The van der Waals surface area contributed by atoms with Crippen LogP contribution >= 0.6 is 0 Å². The van der Waals surface area contributed by atoms with E-state index in [0.29, 0.717) is 19.3 Å². The van der Waals surface area contributed by atoms with Crippen molar-refractivity contribution in [2.45, 2.75) is 393 Å². The van der Waals surface area contributed by atoms with Gasteiger partial charge in [0.05, 0.1) is 63.4 Å². The van der Waals surface area contributed by atoms with Gasteiger partial charge in [0, 0.05) is 32.1 Å². The maximum atomic E-state index is 13.6. The Bertz CT molecular complexity index is 2280. The Kier molecular flexibility index (Phi) is 46.0. The number of ether oxygens (including phenoxy) is 8. The third kappa shape index (κ3) is 31.3. The molecule has 4 aliphatic heterocycles. The highest BCUT2D eigenvalue weighted by Gasteiger charge is 2.61. The number of hydrogen-bond donors (Lipinski definition) is 16. The minimum atomic E-state index is -3.26. The van der Waals surface area contributed by atoms with Crippen LogP contribution < -0.4 is 10.6 Å². The van der Waals surface area contributed by atoms with E-state index in [9.17, 15) is 90.7 Å². The zero-order valence-corrected chi connectivity index (χ0v) is 61.5. The number of carboxylic acids is 1. The van der Waals surface area contributed by atoms with Gasteiger partial charge < -0.3 is 125 Å². The molecular weight excluding hydrogens is 1330 g/mol. The van der Waals surface area contributed by atoms with E-state index < -0.39 is 204 Å². The average molecular weight is 1470 g/mol. The minimum absolute atomic E-state index is 0.185. The van der Waals surface area contributed by atoms with Gasteiger partial charge in [-0.15, -0.1) is 0 Å². The van der Waals surface area contributed by atoms with Gasteiger partial charge in [-0.3, -0.25) is 9.59 Å². The average Bonchev–Trinajstić information content (AvgIpc) is 0.751. The molecule has 0 saturated carbocycles. The maximum Gasteiger partial charge on any atom is 0.364 e. The van der Waals surface area contributed by atoms with Crippen LogP contribution in [-0.4, -0.2) is 262 Å². The number of carboxylic acid groups (broad SMARTS) is 1. The SMILES string of the molecule is CCCCCCCC/C=C\CCCCCCCCCCCCCC(=O)N[C@@H](CO[C@@H]1O[C@H](CO)[C@@H](O[C@@H]2O[C@H](CO)[C@H](O[C@@H]3O[C@H](CO)[C@H](O)[C@H](O)[C@H]3CC(C)=O)[C@H](O[C@]3(C(=O)O)C[C@H](O)[C@@H](NC(C)=O)C([C@H](O)[C@H](O)CO)O3)[C@H]2O)[C@H](O)[C@H]1O)[C@H](O)CCCCCCCCCCCCCCC. The normalized spacial score (nSPS) is 31.2. The van der Waals surface area contributed by atoms with Gasteiger partial charge in [-0.25, -0.2) is 4.79 Å².